The molecule has 1 saturated heterocycles. The molecule has 4 nitrogen and oxygen atoms in total. The predicted octanol–water partition coefficient (Wildman–Crippen LogP) is 1.77. The van der Waals surface area contributed by atoms with Crippen LogP contribution in [0.25, 0.3) is 0 Å². The Bertz CT molecular complexity index is 446. The first-order valence-electron chi connectivity index (χ1n) is 6.55. The minimum atomic E-state index is -4.52. The van der Waals surface area contributed by atoms with E-state index in [1.165, 1.54) is 6.07 Å². The average Bonchev–Trinajstić information content (AvgIpc) is 2.39. The lowest BCUT2D eigenvalue weighted by Crippen LogP contribution is -2.34. The molecule has 0 atom stereocenters. The summed E-state index contributed by atoms with van der Waals surface area (Å²) in [5.74, 6) is -0.0184. The molecule has 1 aromatic rings. The van der Waals surface area contributed by atoms with Crippen molar-refractivity contribution < 1.29 is 23.0 Å². The Kier molecular flexibility index (Phi) is 4.82. The monoisotopic (exact) mass is 290 g/mol. The summed E-state index contributed by atoms with van der Waals surface area (Å²) in [6.45, 7) is 1.36. The minimum Gasteiger partial charge on any atom is -0.474 e. The van der Waals surface area contributed by atoms with Crippen LogP contribution in [0.4, 0.5) is 13.2 Å². The highest BCUT2D eigenvalue weighted by atomic mass is 19.4. The number of halogens is 3. The molecule has 0 bridgehead atoms. The fourth-order valence-electron chi connectivity index (χ4n) is 2.12. The Hall–Kier alpha value is -1.34. The number of aliphatic hydroxyl groups excluding tert-OH is 1. The summed E-state index contributed by atoms with van der Waals surface area (Å²) in [7, 11) is 0. The molecule has 1 aliphatic rings. The van der Waals surface area contributed by atoms with Crippen LogP contribution in [0.5, 0.6) is 5.88 Å². The number of nitrogens with one attached hydrogen (secondary N) is 1. The first-order chi connectivity index (χ1) is 9.49. The smallest absolute Gasteiger partial charge is 0.433 e. The number of aromatic nitrogens is 1. The summed E-state index contributed by atoms with van der Waals surface area (Å²) in [4.78, 5) is 3.53. The van der Waals surface area contributed by atoms with Crippen LogP contribution in [0.2, 0.25) is 0 Å². The fraction of sp³-hybridized carbons (Fsp3) is 0.615. The van der Waals surface area contributed by atoms with Gasteiger partial charge in [0.25, 0.3) is 0 Å². The number of hydrogen-bond acceptors (Lipinski definition) is 4. The highest BCUT2D eigenvalue weighted by molar-refractivity contribution is 5.27. The van der Waals surface area contributed by atoms with Crippen molar-refractivity contribution in [1.82, 2.24) is 10.3 Å². The normalized spacial score (nSPS) is 17.2. The SMILES string of the molecule is OCCc1cc(OC2CCNCC2)nc(C(F)(F)F)c1. The van der Waals surface area contributed by atoms with Gasteiger partial charge in [0.2, 0.25) is 5.88 Å². The summed E-state index contributed by atoms with van der Waals surface area (Å²) < 4.78 is 43.9. The van der Waals surface area contributed by atoms with E-state index in [2.05, 4.69) is 10.3 Å². The van der Waals surface area contributed by atoms with Crippen molar-refractivity contribution in [1.29, 1.82) is 0 Å². The number of aliphatic hydroxyl groups is 1. The average molecular weight is 290 g/mol. The van der Waals surface area contributed by atoms with Crippen molar-refractivity contribution in [2.75, 3.05) is 19.7 Å². The standard InChI is InChI=1S/C13H17F3N2O2/c14-13(15,16)11-7-9(3-6-19)8-12(18-11)20-10-1-4-17-5-2-10/h7-8,10,17,19H,1-6H2. The van der Waals surface area contributed by atoms with Gasteiger partial charge in [-0.05, 0) is 44.0 Å². The second-order valence-corrected chi connectivity index (χ2v) is 4.74. The topological polar surface area (TPSA) is 54.4 Å². The van der Waals surface area contributed by atoms with Gasteiger partial charge in [-0.1, -0.05) is 0 Å². The summed E-state index contributed by atoms with van der Waals surface area (Å²) in [6.07, 6.45) is -3.00. The third kappa shape index (κ3) is 4.08. The molecular formula is C13H17F3N2O2. The Morgan fingerprint density at radius 3 is 2.60 bits per heavy atom. The number of alkyl halides is 3. The maximum Gasteiger partial charge on any atom is 0.433 e. The van der Waals surface area contributed by atoms with Crippen LogP contribution >= 0.6 is 0 Å². The second kappa shape index (κ2) is 6.41. The van der Waals surface area contributed by atoms with Gasteiger partial charge in [-0.2, -0.15) is 13.2 Å². The third-order valence-corrected chi connectivity index (χ3v) is 3.13. The Morgan fingerprint density at radius 1 is 1.30 bits per heavy atom. The molecule has 1 aliphatic heterocycles. The van der Waals surface area contributed by atoms with Gasteiger partial charge in [0.15, 0.2) is 0 Å². The lowest BCUT2D eigenvalue weighted by molar-refractivity contribution is -0.141. The lowest BCUT2D eigenvalue weighted by Gasteiger charge is -2.23. The summed E-state index contributed by atoms with van der Waals surface area (Å²) in [5, 5.41) is 12.0. The highest BCUT2D eigenvalue weighted by Gasteiger charge is 2.33. The number of ether oxygens (including phenoxy) is 1. The Labute approximate surface area is 115 Å². The maximum atomic E-state index is 12.8. The predicted molar refractivity (Wildman–Crippen MR) is 66.5 cm³/mol. The van der Waals surface area contributed by atoms with Crippen LogP contribution in [-0.2, 0) is 12.6 Å². The molecule has 1 aromatic heterocycles. The first-order valence-corrected chi connectivity index (χ1v) is 6.55. The van der Waals surface area contributed by atoms with Gasteiger partial charge < -0.3 is 15.2 Å². The van der Waals surface area contributed by atoms with Crippen molar-refractivity contribution in [3.05, 3.63) is 23.4 Å². The molecule has 0 aromatic carbocycles. The van der Waals surface area contributed by atoms with Gasteiger partial charge in [0.05, 0.1) is 0 Å². The molecule has 112 valence electrons. The number of piperidine rings is 1. The van der Waals surface area contributed by atoms with Crippen molar-refractivity contribution in [2.24, 2.45) is 0 Å². The van der Waals surface area contributed by atoms with E-state index >= 15 is 0 Å². The van der Waals surface area contributed by atoms with Crippen molar-refractivity contribution in [3.63, 3.8) is 0 Å². The van der Waals surface area contributed by atoms with Crippen LogP contribution in [0, 0.1) is 0 Å². The summed E-state index contributed by atoms with van der Waals surface area (Å²) in [5.41, 5.74) is -0.605. The summed E-state index contributed by atoms with van der Waals surface area (Å²) >= 11 is 0. The molecule has 2 N–H and O–H groups in total. The quantitative estimate of drug-likeness (QED) is 0.887. The zero-order valence-corrected chi connectivity index (χ0v) is 10.9. The maximum absolute atomic E-state index is 12.8. The van der Waals surface area contributed by atoms with Crippen LogP contribution in [-0.4, -0.2) is 35.9 Å². The highest BCUT2D eigenvalue weighted by Crippen LogP contribution is 2.30. The van der Waals surface area contributed by atoms with Gasteiger partial charge in [0.1, 0.15) is 11.8 Å². The van der Waals surface area contributed by atoms with E-state index in [1.807, 2.05) is 0 Å². The molecule has 0 aliphatic carbocycles. The molecule has 0 amide bonds. The van der Waals surface area contributed by atoms with E-state index in [4.69, 9.17) is 9.84 Å². The van der Waals surface area contributed by atoms with E-state index in [9.17, 15) is 13.2 Å². The van der Waals surface area contributed by atoms with Crippen molar-refractivity contribution >= 4 is 0 Å². The molecule has 0 radical (unpaired) electrons. The molecule has 2 heterocycles. The zero-order chi connectivity index (χ0) is 14.6. The van der Waals surface area contributed by atoms with Crippen molar-refractivity contribution in [2.45, 2.75) is 31.5 Å². The van der Waals surface area contributed by atoms with Crippen LogP contribution in [0.15, 0.2) is 12.1 Å². The molecule has 7 heteroatoms. The van der Waals surface area contributed by atoms with Gasteiger partial charge in [-0.15, -0.1) is 0 Å². The summed E-state index contributed by atoms with van der Waals surface area (Å²) in [6, 6.07) is 2.42. The Balaban J connectivity index is 2.19. The number of nitrogens with zero attached hydrogens (tertiary/aromatic N) is 1. The van der Waals surface area contributed by atoms with E-state index in [0.29, 0.717) is 5.56 Å². The van der Waals surface area contributed by atoms with Crippen molar-refractivity contribution in [3.8, 4) is 5.88 Å². The molecule has 2 rings (SSSR count). The first kappa shape index (κ1) is 15.1. The van der Waals surface area contributed by atoms with Crippen LogP contribution < -0.4 is 10.1 Å². The zero-order valence-electron chi connectivity index (χ0n) is 10.9. The second-order valence-electron chi connectivity index (χ2n) is 4.74. The number of hydrogen-bond donors (Lipinski definition) is 2. The fourth-order valence-corrected chi connectivity index (χ4v) is 2.12. The van der Waals surface area contributed by atoms with Gasteiger partial charge in [-0.3, -0.25) is 0 Å². The molecule has 0 unspecified atom stereocenters. The van der Waals surface area contributed by atoms with Crippen LogP contribution in [0.1, 0.15) is 24.1 Å². The van der Waals surface area contributed by atoms with E-state index in [0.717, 1.165) is 32.0 Å². The third-order valence-electron chi connectivity index (χ3n) is 3.13. The van der Waals surface area contributed by atoms with Gasteiger partial charge >= 0.3 is 6.18 Å². The molecular weight excluding hydrogens is 273 g/mol. The van der Waals surface area contributed by atoms with E-state index < -0.39 is 11.9 Å². The molecule has 0 spiro atoms. The van der Waals surface area contributed by atoms with Gasteiger partial charge in [-0.25, -0.2) is 4.98 Å². The van der Waals surface area contributed by atoms with E-state index in [1.54, 1.807) is 0 Å². The van der Waals surface area contributed by atoms with Gasteiger partial charge in [0, 0.05) is 12.7 Å². The molecule has 0 saturated carbocycles. The molecule has 1 fully saturated rings. The molecule has 20 heavy (non-hydrogen) atoms. The minimum absolute atomic E-state index is 0.0184. The lowest BCUT2D eigenvalue weighted by atomic mass is 10.1. The largest absolute Gasteiger partial charge is 0.474 e. The number of pyridine rings is 1. The van der Waals surface area contributed by atoms with E-state index in [-0.39, 0.29) is 25.0 Å². The van der Waals surface area contributed by atoms with Crippen LogP contribution in [0.3, 0.4) is 0 Å². The number of rotatable bonds is 4. The Morgan fingerprint density at radius 2 is 2.00 bits per heavy atom.